The van der Waals surface area contributed by atoms with Crippen LogP contribution in [0.3, 0.4) is 0 Å². The number of aromatic nitrogens is 3. The Hall–Kier alpha value is -3.79. The summed E-state index contributed by atoms with van der Waals surface area (Å²) in [6.45, 7) is 5.73. The minimum Gasteiger partial charge on any atom is -0.493 e. The van der Waals surface area contributed by atoms with Crippen LogP contribution in [-0.2, 0) is 11.3 Å². The van der Waals surface area contributed by atoms with Crippen LogP contribution in [-0.4, -0.2) is 53.5 Å². The first-order valence-electron chi connectivity index (χ1n) is 10.3. The zero-order chi connectivity index (χ0) is 24.7. The Morgan fingerprint density at radius 3 is 2.38 bits per heavy atom. The summed E-state index contributed by atoms with van der Waals surface area (Å²) in [5, 5.41) is 12.0. The van der Waals surface area contributed by atoms with Gasteiger partial charge in [-0.05, 0) is 31.2 Å². The van der Waals surface area contributed by atoms with Crippen molar-refractivity contribution in [1.29, 1.82) is 0 Å². The Bertz CT molecular complexity index is 1180. The fraction of sp³-hybridized carbons (Fsp3) is 0.250. The number of carbonyl (C=O) groups is 2. The Morgan fingerprint density at radius 2 is 1.79 bits per heavy atom. The first kappa shape index (κ1) is 24.8. The van der Waals surface area contributed by atoms with E-state index in [0.29, 0.717) is 51.6 Å². The van der Waals surface area contributed by atoms with Crippen LogP contribution in [0.5, 0.6) is 17.2 Å². The molecular formula is C24H26N4O5S. The molecule has 1 N–H and O–H groups in total. The number of Topliss-reactive ketones (excluding diaryl/α,β-unsaturated/α-hetero) is 1. The van der Waals surface area contributed by atoms with Crippen LogP contribution in [0, 0.1) is 0 Å². The molecule has 0 fully saturated rings. The molecule has 34 heavy (non-hydrogen) atoms. The normalized spacial score (nSPS) is 10.5. The fourth-order valence-corrected chi connectivity index (χ4v) is 4.00. The van der Waals surface area contributed by atoms with Crippen molar-refractivity contribution in [2.24, 2.45) is 0 Å². The number of anilines is 1. The molecule has 3 rings (SSSR count). The van der Waals surface area contributed by atoms with Crippen LogP contribution in [0.15, 0.2) is 54.2 Å². The van der Waals surface area contributed by atoms with Crippen molar-refractivity contribution >= 4 is 29.1 Å². The molecule has 3 aromatic rings. The van der Waals surface area contributed by atoms with Crippen molar-refractivity contribution in [1.82, 2.24) is 14.8 Å². The number of hydrogen-bond acceptors (Lipinski definition) is 8. The molecule has 1 heterocycles. The lowest BCUT2D eigenvalue weighted by Crippen LogP contribution is -2.15. The van der Waals surface area contributed by atoms with E-state index in [1.807, 2.05) is 4.57 Å². The summed E-state index contributed by atoms with van der Waals surface area (Å²) in [5.41, 5.74) is 1.80. The highest BCUT2D eigenvalue weighted by molar-refractivity contribution is 7.99. The van der Waals surface area contributed by atoms with E-state index in [9.17, 15) is 9.59 Å². The number of nitrogens with zero attached hydrogens (tertiary/aromatic N) is 3. The Balaban J connectivity index is 1.82. The Morgan fingerprint density at radius 1 is 1.09 bits per heavy atom. The van der Waals surface area contributed by atoms with Crippen LogP contribution in [0.2, 0.25) is 0 Å². The molecule has 0 atom stereocenters. The van der Waals surface area contributed by atoms with E-state index in [1.165, 1.54) is 25.8 Å². The van der Waals surface area contributed by atoms with E-state index < -0.39 is 0 Å². The molecular weight excluding hydrogens is 456 g/mol. The first-order chi connectivity index (χ1) is 16.4. The predicted molar refractivity (Wildman–Crippen MR) is 131 cm³/mol. The average molecular weight is 483 g/mol. The van der Waals surface area contributed by atoms with Gasteiger partial charge in [0.2, 0.25) is 11.7 Å². The highest BCUT2D eigenvalue weighted by Crippen LogP contribution is 2.41. The van der Waals surface area contributed by atoms with Crippen LogP contribution in [0.25, 0.3) is 11.4 Å². The Labute approximate surface area is 202 Å². The van der Waals surface area contributed by atoms with Crippen LogP contribution in [0.1, 0.15) is 17.3 Å². The maximum atomic E-state index is 12.5. The van der Waals surface area contributed by atoms with Crippen molar-refractivity contribution in [3.63, 3.8) is 0 Å². The summed E-state index contributed by atoms with van der Waals surface area (Å²) in [4.78, 5) is 24.1. The maximum absolute atomic E-state index is 12.5. The summed E-state index contributed by atoms with van der Waals surface area (Å²) >= 11 is 1.24. The van der Waals surface area contributed by atoms with Gasteiger partial charge in [0, 0.05) is 23.4 Å². The van der Waals surface area contributed by atoms with Crippen molar-refractivity contribution < 1.29 is 23.8 Å². The van der Waals surface area contributed by atoms with Gasteiger partial charge in [-0.2, -0.15) is 0 Å². The number of amides is 1. The average Bonchev–Trinajstić information content (AvgIpc) is 3.24. The number of rotatable bonds is 11. The molecule has 0 saturated carbocycles. The van der Waals surface area contributed by atoms with E-state index in [4.69, 9.17) is 14.2 Å². The summed E-state index contributed by atoms with van der Waals surface area (Å²) in [7, 11) is 4.62. The van der Waals surface area contributed by atoms with E-state index in [-0.39, 0.29) is 17.4 Å². The third kappa shape index (κ3) is 5.57. The molecule has 0 aliphatic heterocycles. The highest BCUT2D eigenvalue weighted by atomic mass is 32.2. The molecule has 9 nitrogen and oxygen atoms in total. The second-order valence-electron chi connectivity index (χ2n) is 7.09. The van der Waals surface area contributed by atoms with E-state index in [1.54, 1.807) is 56.7 Å². The smallest absolute Gasteiger partial charge is 0.234 e. The minimum absolute atomic E-state index is 0.0673. The van der Waals surface area contributed by atoms with E-state index in [0.717, 1.165) is 0 Å². The number of ketones is 1. The predicted octanol–water partition coefficient (Wildman–Crippen LogP) is 4.09. The topological polar surface area (TPSA) is 105 Å². The summed E-state index contributed by atoms with van der Waals surface area (Å²) in [6.07, 6.45) is 1.72. The van der Waals surface area contributed by atoms with Gasteiger partial charge in [0.05, 0.1) is 27.1 Å². The quantitative estimate of drug-likeness (QED) is 0.248. The molecule has 0 spiro atoms. The third-order valence-corrected chi connectivity index (χ3v) is 5.80. The van der Waals surface area contributed by atoms with Crippen molar-refractivity contribution in [2.45, 2.75) is 18.6 Å². The number of hydrogen-bond donors (Lipinski definition) is 1. The zero-order valence-corrected chi connectivity index (χ0v) is 20.3. The number of thioether (sulfide) groups is 1. The van der Waals surface area contributed by atoms with Gasteiger partial charge >= 0.3 is 0 Å². The lowest BCUT2D eigenvalue weighted by molar-refractivity contribution is -0.113. The van der Waals surface area contributed by atoms with Crippen LogP contribution < -0.4 is 19.5 Å². The van der Waals surface area contributed by atoms with Gasteiger partial charge < -0.3 is 19.5 Å². The molecule has 1 aromatic heterocycles. The second kappa shape index (κ2) is 11.4. The van der Waals surface area contributed by atoms with Crippen LogP contribution in [0.4, 0.5) is 5.69 Å². The Kier molecular flexibility index (Phi) is 8.31. The van der Waals surface area contributed by atoms with Gasteiger partial charge in [0.1, 0.15) is 0 Å². The molecule has 0 aliphatic rings. The first-order valence-corrected chi connectivity index (χ1v) is 11.3. The molecule has 0 radical (unpaired) electrons. The number of benzene rings is 2. The largest absolute Gasteiger partial charge is 0.493 e. The van der Waals surface area contributed by atoms with Crippen molar-refractivity contribution in [2.75, 3.05) is 32.4 Å². The summed E-state index contributed by atoms with van der Waals surface area (Å²) < 4.78 is 18.1. The lowest BCUT2D eigenvalue weighted by atomic mass is 10.1. The fourth-order valence-electron chi connectivity index (χ4n) is 3.26. The molecule has 10 heteroatoms. The molecule has 0 bridgehead atoms. The highest BCUT2D eigenvalue weighted by Gasteiger charge is 2.20. The minimum atomic E-state index is -0.229. The van der Waals surface area contributed by atoms with Gasteiger partial charge in [0.15, 0.2) is 28.3 Å². The number of ether oxygens (including phenoxy) is 3. The SMILES string of the molecule is C=CCn1c(SCC(=O)Nc2cccc(C(C)=O)c2)nnc1-c1cc(OC)c(OC)c(OC)c1. The van der Waals surface area contributed by atoms with Gasteiger partial charge in [0.25, 0.3) is 0 Å². The summed E-state index contributed by atoms with van der Waals surface area (Å²) in [6, 6.07) is 10.4. The molecule has 2 aromatic carbocycles. The van der Waals surface area contributed by atoms with E-state index >= 15 is 0 Å². The molecule has 0 aliphatic carbocycles. The molecule has 178 valence electrons. The number of carbonyl (C=O) groups excluding carboxylic acids is 2. The number of allylic oxidation sites excluding steroid dienone is 1. The van der Waals surface area contributed by atoms with Gasteiger partial charge in [-0.3, -0.25) is 14.2 Å². The van der Waals surface area contributed by atoms with Gasteiger partial charge in [-0.15, -0.1) is 16.8 Å². The number of nitrogens with one attached hydrogen (secondary N) is 1. The number of methoxy groups -OCH3 is 3. The molecule has 1 amide bonds. The summed E-state index contributed by atoms with van der Waals surface area (Å²) in [5.74, 6) is 1.84. The lowest BCUT2D eigenvalue weighted by Gasteiger charge is -2.14. The van der Waals surface area contributed by atoms with Gasteiger partial charge in [-0.1, -0.05) is 30.0 Å². The standard InChI is InChI=1S/C24H26N4O5S/c1-6-10-28-23(17-12-19(31-3)22(33-5)20(13-17)32-4)26-27-24(28)34-14-21(30)25-18-9-7-8-16(11-18)15(2)29/h6-9,11-13H,1,10,14H2,2-5H3,(H,25,30). The van der Waals surface area contributed by atoms with Crippen LogP contribution >= 0.6 is 11.8 Å². The zero-order valence-electron chi connectivity index (χ0n) is 19.5. The van der Waals surface area contributed by atoms with Gasteiger partial charge in [-0.25, -0.2) is 0 Å². The second-order valence-corrected chi connectivity index (χ2v) is 8.04. The van der Waals surface area contributed by atoms with Crippen molar-refractivity contribution in [3.05, 3.63) is 54.6 Å². The third-order valence-electron chi connectivity index (χ3n) is 4.84. The molecule has 0 saturated heterocycles. The maximum Gasteiger partial charge on any atom is 0.234 e. The van der Waals surface area contributed by atoms with E-state index in [2.05, 4.69) is 22.1 Å². The molecule has 0 unspecified atom stereocenters. The monoisotopic (exact) mass is 482 g/mol. The van der Waals surface area contributed by atoms with Crippen molar-refractivity contribution in [3.8, 4) is 28.6 Å².